The van der Waals surface area contributed by atoms with E-state index in [1.807, 2.05) is 0 Å². The molecular weight excluding hydrogens is 160 g/mol. The van der Waals surface area contributed by atoms with Gasteiger partial charge in [0.1, 0.15) is 12.7 Å². The van der Waals surface area contributed by atoms with E-state index >= 15 is 0 Å². The summed E-state index contributed by atoms with van der Waals surface area (Å²) in [6, 6.07) is 0. The fourth-order valence-corrected chi connectivity index (χ4v) is 0.559. The van der Waals surface area contributed by atoms with Gasteiger partial charge in [-0.05, 0) is 13.8 Å². The fourth-order valence-electron chi connectivity index (χ4n) is 0.559. The van der Waals surface area contributed by atoms with E-state index in [0.717, 1.165) is 0 Å². The molecule has 0 fully saturated rings. The molecule has 0 bridgehead atoms. The highest BCUT2D eigenvalue weighted by atomic mass is 16.6. The average molecular weight is 171 g/mol. The van der Waals surface area contributed by atoms with Gasteiger partial charge in [-0.2, -0.15) is 0 Å². The molecule has 0 saturated heterocycles. The molecule has 0 saturated carbocycles. The summed E-state index contributed by atoms with van der Waals surface area (Å²) >= 11 is 0. The van der Waals surface area contributed by atoms with Crippen molar-refractivity contribution in [2.75, 3.05) is 6.61 Å². The molecule has 0 rings (SSSR count). The van der Waals surface area contributed by atoms with Crippen LogP contribution in [0.4, 0.5) is 0 Å². The van der Waals surface area contributed by atoms with Gasteiger partial charge in [-0.15, -0.1) is 0 Å². The average Bonchev–Trinajstić information content (AvgIpc) is 2.01. The van der Waals surface area contributed by atoms with E-state index in [0.29, 0.717) is 0 Å². The lowest BCUT2D eigenvalue weighted by Gasteiger charge is -2.08. The monoisotopic (exact) mass is 171 g/mol. The summed E-state index contributed by atoms with van der Waals surface area (Å²) in [5.41, 5.74) is 0. The van der Waals surface area contributed by atoms with Crippen LogP contribution in [-0.2, 0) is 19.1 Å². The summed E-state index contributed by atoms with van der Waals surface area (Å²) in [7, 11) is 0. The number of ether oxygens (including phenoxy) is 2. The van der Waals surface area contributed by atoms with Gasteiger partial charge in [-0.1, -0.05) is 6.08 Å². The van der Waals surface area contributed by atoms with Crippen molar-refractivity contribution in [3.8, 4) is 0 Å². The van der Waals surface area contributed by atoms with Crippen LogP contribution in [0.1, 0.15) is 13.8 Å². The maximum atomic E-state index is 10.8. The maximum absolute atomic E-state index is 10.8. The Morgan fingerprint density at radius 1 is 1.67 bits per heavy atom. The number of hydrogen-bond acceptors (Lipinski definition) is 4. The van der Waals surface area contributed by atoms with Crippen molar-refractivity contribution >= 4 is 12.4 Å². The minimum Gasteiger partial charge on any atom is -0.456 e. The SMILES string of the molecule is C/C=C/C(=O)OC(C)CO[C]=O. The molecule has 0 aromatic carbocycles. The van der Waals surface area contributed by atoms with E-state index < -0.39 is 12.1 Å². The predicted molar refractivity (Wildman–Crippen MR) is 42.0 cm³/mol. The van der Waals surface area contributed by atoms with Crippen LogP contribution in [0.25, 0.3) is 0 Å². The second kappa shape index (κ2) is 6.39. The summed E-state index contributed by atoms with van der Waals surface area (Å²) in [5.74, 6) is -0.445. The van der Waals surface area contributed by atoms with Gasteiger partial charge in [0.15, 0.2) is 0 Å². The zero-order chi connectivity index (χ0) is 9.40. The quantitative estimate of drug-likeness (QED) is 0.448. The normalized spacial score (nSPS) is 12.5. The van der Waals surface area contributed by atoms with E-state index in [1.165, 1.54) is 12.5 Å². The van der Waals surface area contributed by atoms with E-state index in [4.69, 9.17) is 4.74 Å². The third-order valence-electron chi connectivity index (χ3n) is 0.997. The molecule has 4 heteroatoms. The molecule has 0 aliphatic carbocycles. The number of allylic oxidation sites excluding steroid dienone is 1. The fraction of sp³-hybridized carbons (Fsp3) is 0.500. The molecule has 0 amide bonds. The van der Waals surface area contributed by atoms with Crippen LogP contribution in [0, 0.1) is 0 Å². The van der Waals surface area contributed by atoms with Crippen LogP contribution in [-0.4, -0.2) is 25.2 Å². The highest BCUT2D eigenvalue weighted by Crippen LogP contribution is 1.92. The van der Waals surface area contributed by atoms with Crippen LogP contribution in [0.5, 0.6) is 0 Å². The third-order valence-corrected chi connectivity index (χ3v) is 0.997. The van der Waals surface area contributed by atoms with Gasteiger partial charge in [0, 0.05) is 6.08 Å². The van der Waals surface area contributed by atoms with Gasteiger partial charge >= 0.3 is 12.4 Å². The molecule has 1 atom stereocenters. The molecule has 0 aromatic heterocycles. The Hall–Kier alpha value is -1.32. The number of rotatable bonds is 5. The van der Waals surface area contributed by atoms with E-state index in [1.54, 1.807) is 19.9 Å². The lowest BCUT2D eigenvalue weighted by Crippen LogP contribution is -2.18. The molecule has 67 valence electrons. The van der Waals surface area contributed by atoms with Crippen molar-refractivity contribution in [3.63, 3.8) is 0 Å². The summed E-state index contributed by atoms with van der Waals surface area (Å²) < 4.78 is 9.03. The molecule has 1 radical (unpaired) electrons. The molecule has 0 spiro atoms. The van der Waals surface area contributed by atoms with Crippen LogP contribution in [0.2, 0.25) is 0 Å². The number of hydrogen-bond donors (Lipinski definition) is 0. The Morgan fingerprint density at radius 3 is 2.83 bits per heavy atom. The standard InChI is InChI=1S/C8H11O4/c1-3-4-8(10)12-7(2)5-11-6-9/h3-4,7H,5H2,1-2H3/b4-3+. The molecule has 0 heterocycles. The lowest BCUT2D eigenvalue weighted by molar-refractivity contribution is -0.143. The number of carbonyl (C=O) groups is 1. The maximum Gasteiger partial charge on any atom is 0.417 e. The highest BCUT2D eigenvalue weighted by molar-refractivity contribution is 5.81. The minimum atomic E-state index is -0.445. The largest absolute Gasteiger partial charge is 0.456 e. The first-order valence-corrected chi connectivity index (χ1v) is 3.53. The van der Waals surface area contributed by atoms with Crippen LogP contribution in [0.3, 0.4) is 0 Å². The van der Waals surface area contributed by atoms with Crippen LogP contribution < -0.4 is 0 Å². The van der Waals surface area contributed by atoms with Crippen molar-refractivity contribution in [1.29, 1.82) is 0 Å². The first-order valence-electron chi connectivity index (χ1n) is 3.53. The third kappa shape index (κ3) is 5.46. The highest BCUT2D eigenvalue weighted by Gasteiger charge is 2.06. The summed E-state index contributed by atoms with van der Waals surface area (Å²) in [5, 5.41) is 0. The second-order valence-electron chi connectivity index (χ2n) is 2.14. The van der Waals surface area contributed by atoms with Gasteiger partial charge < -0.3 is 9.47 Å². The molecule has 12 heavy (non-hydrogen) atoms. The van der Waals surface area contributed by atoms with E-state index in [9.17, 15) is 9.59 Å². The van der Waals surface area contributed by atoms with Gasteiger partial charge in [-0.25, -0.2) is 9.59 Å². The van der Waals surface area contributed by atoms with Crippen molar-refractivity contribution < 1.29 is 19.1 Å². The minimum absolute atomic E-state index is 0.0345. The first-order chi connectivity index (χ1) is 5.70. The summed E-state index contributed by atoms with van der Waals surface area (Å²) in [4.78, 5) is 20.4. The Bertz CT molecular complexity index is 174. The van der Waals surface area contributed by atoms with Crippen LogP contribution >= 0.6 is 0 Å². The lowest BCUT2D eigenvalue weighted by atomic mass is 10.4. The van der Waals surface area contributed by atoms with Crippen molar-refractivity contribution in [2.45, 2.75) is 20.0 Å². The van der Waals surface area contributed by atoms with Crippen LogP contribution in [0.15, 0.2) is 12.2 Å². The second-order valence-corrected chi connectivity index (χ2v) is 2.14. The Labute approximate surface area is 71.2 Å². The smallest absolute Gasteiger partial charge is 0.417 e. The van der Waals surface area contributed by atoms with E-state index in [-0.39, 0.29) is 6.61 Å². The Morgan fingerprint density at radius 2 is 2.33 bits per heavy atom. The topological polar surface area (TPSA) is 52.6 Å². The van der Waals surface area contributed by atoms with Gasteiger partial charge in [0.2, 0.25) is 0 Å². The van der Waals surface area contributed by atoms with Gasteiger partial charge in [0.25, 0.3) is 0 Å². The molecule has 0 N–H and O–H groups in total. The molecule has 0 aliphatic rings. The molecule has 1 unspecified atom stereocenters. The summed E-state index contributed by atoms with van der Waals surface area (Å²) in [6.45, 7) is 4.61. The van der Waals surface area contributed by atoms with Crippen molar-refractivity contribution in [2.24, 2.45) is 0 Å². The summed E-state index contributed by atoms with van der Waals surface area (Å²) in [6.07, 6.45) is 2.43. The van der Waals surface area contributed by atoms with Crippen molar-refractivity contribution in [3.05, 3.63) is 12.2 Å². The van der Waals surface area contributed by atoms with E-state index in [2.05, 4.69) is 4.74 Å². The number of esters is 1. The zero-order valence-corrected chi connectivity index (χ0v) is 7.07. The number of carbonyl (C=O) groups excluding carboxylic acids is 2. The molecule has 0 aromatic rings. The Kier molecular flexibility index (Phi) is 5.69. The zero-order valence-electron chi connectivity index (χ0n) is 7.07. The van der Waals surface area contributed by atoms with Crippen molar-refractivity contribution in [1.82, 2.24) is 0 Å². The first kappa shape index (κ1) is 10.7. The predicted octanol–water partition coefficient (Wildman–Crippen LogP) is 0.578. The molecule has 0 aliphatic heterocycles. The van der Waals surface area contributed by atoms with Gasteiger partial charge in [-0.3, -0.25) is 0 Å². The van der Waals surface area contributed by atoms with Gasteiger partial charge in [0.05, 0.1) is 0 Å². The molecule has 4 nitrogen and oxygen atoms in total. The molecular formula is C8H11O4. The Balaban J connectivity index is 3.60.